The van der Waals surface area contributed by atoms with Crippen molar-refractivity contribution in [1.29, 1.82) is 0 Å². The number of ether oxygens (including phenoxy) is 1. The molecule has 1 saturated carbocycles. The molecule has 0 unspecified atom stereocenters. The van der Waals surface area contributed by atoms with Crippen LogP contribution in [0.5, 0.6) is 0 Å². The molecule has 2 atom stereocenters. The van der Waals surface area contributed by atoms with Crippen LogP contribution in [-0.2, 0) is 9.53 Å². The van der Waals surface area contributed by atoms with Crippen LogP contribution in [0.25, 0.3) is 0 Å². The van der Waals surface area contributed by atoms with Gasteiger partial charge in [-0.25, -0.2) is 0 Å². The molecule has 84 valence electrons. The third kappa shape index (κ3) is 2.09. The summed E-state index contributed by atoms with van der Waals surface area (Å²) in [5, 5.41) is 0. The standard InChI is InChI=1S/C13H20O2/c1-13(2,3)12-8-10(14)9-6-4-5-7-11(9)15-12/h8-9,11H,4-7H2,1-3H3/t9-,11+/m1/s1. The third-order valence-electron chi connectivity index (χ3n) is 3.36. The third-order valence-corrected chi connectivity index (χ3v) is 3.36. The van der Waals surface area contributed by atoms with Crippen molar-refractivity contribution in [1.82, 2.24) is 0 Å². The Labute approximate surface area is 91.7 Å². The van der Waals surface area contributed by atoms with Gasteiger partial charge in [0.15, 0.2) is 5.78 Å². The number of rotatable bonds is 0. The monoisotopic (exact) mass is 208 g/mol. The average Bonchev–Trinajstić information content (AvgIpc) is 2.16. The predicted octanol–water partition coefficient (Wildman–Crippen LogP) is 3.07. The molecule has 0 spiro atoms. The van der Waals surface area contributed by atoms with Gasteiger partial charge in [0.1, 0.15) is 11.9 Å². The first-order valence-electron chi connectivity index (χ1n) is 5.91. The van der Waals surface area contributed by atoms with E-state index < -0.39 is 0 Å². The molecule has 0 aromatic carbocycles. The molecule has 0 amide bonds. The SMILES string of the molecule is CC(C)(C)C1=CC(=O)[C@H]2CCCC[C@@H]2O1. The van der Waals surface area contributed by atoms with E-state index in [9.17, 15) is 4.79 Å². The minimum Gasteiger partial charge on any atom is -0.493 e. The van der Waals surface area contributed by atoms with Gasteiger partial charge in [0, 0.05) is 11.5 Å². The van der Waals surface area contributed by atoms with Gasteiger partial charge in [-0.05, 0) is 19.3 Å². The zero-order valence-corrected chi connectivity index (χ0v) is 9.88. The lowest BCUT2D eigenvalue weighted by molar-refractivity contribution is -0.128. The van der Waals surface area contributed by atoms with Gasteiger partial charge in [-0.3, -0.25) is 4.79 Å². The summed E-state index contributed by atoms with van der Waals surface area (Å²) >= 11 is 0. The van der Waals surface area contributed by atoms with Crippen LogP contribution in [-0.4, -0.2) is 11.9 Å². The number of hydrogen-bond donors (Lipinski definition) is 0. The molecule has 2 aliphatic rings. The predicted molar refractivity (Wildman–Crippen MR) is 59.4 cm³/mol. The molecule has 1 aliphatic carbocycles. The van der Waals surface area contributed by atoms with Crippen LogP contribution in [0.2, 0.25) is 0 Å². The van der Waals surface area contributed by atoms with E-state index in [1.54, 1.807) is 6.08 Å². The Bertz CT molecular complexity index is 296. The van der Waals surface area contributed by atoms with Crippen molar-refractivity contribution in [2.45, 2.75) is 52.6 Å². The van der Waals surface area contributed by atoms with Gasteiger partial charge >= 0.3 is 0 Å². The molecule has 0 bridgehead atoms. The Morgan fingerprint density at radius 1 is 1.27 bits per heavy atom. The normalized spacial score (nSPS) is 31.7. The van der Waals surface area contributed by atoms with Gasteiger partial charge in [-0.1, -0.05) is 27.2 Å². The smallest absolute Gasteiger partial charge is 0.165 e. The zero-order chi connectivity index (χ0) is 11.1. The van der Waals surface area contributed by atoms with E-state index in [0.717, 1.165) is 18.6 Å². The summed E-state index contributed by atoms with van der Waals surface area (Å²) in [6.45, 7) is 6.28. The lowest BCUT2D eigenvalue weighted by atomic mass is 9.80. The van der Waals surface area contributed by atoms with Crippen molar-refractivity contribution in [3.8, 4) is 0 Å². The highest BCUT2D eigenvalue weighted by molar-refractivity contribution is 5.93. The van der Waals surface area contributed by atoms with Crippen LogP contribution in [0.1, 0.15) is 46.5 Å². The fraction of sp³-hybridized carbons (Fsp3) is 0.769. The fourth-order valence-electron chi connectivity index (χ4n) is 2.39. The van der Waals surface area contributed by atoms with E-state index in [1.807, 2.05) is 0 Å². The Hall–Kier alpha value is -0.790. The molecule has 1 aliphatic heterocycles. The molecular formula is C13H20O2. The van der Waals surface area contributed by atoms with Gasteiger partial charge in [0.2, 0.25) is 0 Å². The molecule has 0 radical (unpaired) electrons. The Morgan fingerprint density at radius 2 is 1.93 bits per heavy atom. The molecule has 1 heterocycles. The number of allylic oxidation sites excluding steroid dienone is 2. The van der Waals surface area contributed by atoms with E-state index in [1.165, 1.54) is 12.8 Å². The second kappa shape index (κ2) is 3.66. The van der Waals surface area contributed by atoms with Crippen LogP contribution in [0.3, 0.4) is 0 Å². The fourth-order valence-corrected chi connectivity index (χ4v) is 2.39. The first-order chi connectivity index (χ1) is 6.98. The minimum atomic E-state index is -0.0436. The van der Waals surface area contributed by atoms with E-state index in [2.05, 4.69) is 20.8 Å². The van der Waals surface area contributed by atoms with Gasteiger partial charge in [-0.2, -0.15) is 0 Å². The van der Waals surface area contributed by atoms with Crippen molar-refractivity contribution in [3.05, 3.63) is 11.8 Å². The molecule has 0 aromatic rings. The molecule has 2 nitrogen and oxygen atoms in total. The first kappa shape index (κ1) is 10.7. The number of hydrogen-bond acceptors (Lipinski definition) is 2. The molecule has 0 saturated heterocycles. The summed E-state index contributed by atoms with van der Waals surface area (Å²) < 4.78 is 5.97. The average molecular weight is 208 g/mol. The number of carbonyl (C=O) groups is 1. The zero-order valence-electron chi connectivity index (χ0n) is 9.88. The van der Waals surface area contributed by atoms with E-state index in [0.29, 0.717) is 0 Å². The topological polar surface area (TPSA) is 26.3 Å². The molecular weight excluding hydrogens is 188 g/mol. The lowest BCUT2D eigenvalue weighted by Gasteiger charge is -2.38. The highest BCUT2D eigenvalue weighted by Crippen LogP contribution is 2.38. The largest absolute Gasteiger partial charge is 0.493 e. The molecule has 2 heteroatoms. The summed E-state index contributed by atoms with van der Waals surface area (Å²) in [4.78, 5) is 11.9. The number of carbonyl (C=O) groups excluding carboxylic acids is 1. The van der Waals surface area contributed by atoms with Gasteiger partial charge in [0.25, 0.3) is 0 Å². The van der Waals surface area contributed by atoms with Crippen LogP contribution in [0.15, 0.2) is 11.8 Å². The second-order valence-corrected chi connectivity index (χ2v) is 5.71. The van der Waals surface area contributed by atoms with Crippen molar-refractivity contribution in [3.63, 3.8) is 0 Å². The highest BCUT2D eigenvalue weighted by Gasteiger charge is 2.37. The molecule has 0 N–H and O–H groups in total. The Balaban J connectivity index is 2.21. The quantitative estimate of drug-likeness (QED) is 0.611. The maximum atomic E-state index is 11.9. The van der Waals surface area contributed by atoms with Crippen LogP contribution in [0.4, 0.5) is 0 Å². The van der Waals surface area contributed by atoms with Gasteiger partial charge < -0.3 is 4.74 Å². The van der Waals surface area contributed by atoms with E-state index >= 15 is 0 Å². The first-order valence-corrected chi connectivity index (χ1v) is 5.91. The van der Waals surface area contributed by atoms with Crippen LogP contribution < -0.4 is 0 Å². The Kier molecular flexibility index (Phi) is 2.61. The van der Waals surface area contributed by atoms with Crippen LogP contribution >= 0.6 is 0 Å². The van der Waals surface area contributed by atoms with Crippen LogP contribution in [0, 0.1) is 11.3 Å². The second-order valence-electron chi connectivity index (χ2n) is 5.71. The van der Waals surface area contributed by atoms with Crippen molar-refractivity contribution >= 4 is 5.78 Å². The summed E-state index contributed by atoms with van der Waals surface area (Å²) in [6.07, 6.45) is 6.32. The molecule has 2 rings (SSSR count). The molecule has 15 heavy (non-hydrogen) atoms. The lowest BCUT2D eigenvalue weighted by Crippen LogP contribution is -2.38. The number of fused-ring (bicyclic) bond motifs is 1. The van der Waals surface area contributed by atoms with Gasteiger partial charge in [0.05, 0.1) is 5.92 Å². The van der Waals surface area contributed by atoms with Gasteiger partial charge in [-0.15, -0.1) is 0 Å². The van der Waals surface area contributed by atoms with E-state index in [4.69, 9.17) is 4.74 Å². The maximum Gasteiger partial charge on any atom is 0.165 e. The minimum absolute atomic E-state index is 0.0436. The number of ketones is 1. The summed E-state index contributed by atoms with van der Waals surface area (Å²) in [5.41, 5.74) is -0.0436. The van der Waals surface area contributed by atoms with E-state index in [-0.39, 0.29) is 23.2 Å². The van der Waals surface area contributed by atoms with Crippen molar-refractivity contribution < 1.29 is 9.53 Å². The van der Waals surface area contributed by atoms with Crippen molar-refractivity contribution in [2.75, 3.05) is 0 Å². The maximum absolute atomic E-state index is 11.9. The summed E-state index contributed by atoms with van der Waals surface area (Å²) in [6, 6.07) is 0. The molecule has 0 aromatic heterocycles. The summed E-state index contributed by atoms with van der Waals surface area (Å²) in [5.74, 6) is 1.30. The highest BCUT2D eigenvalue weighted by atomic mass is 16.5. The Morgan fingerprint density at radius 3 is 2.60 bits per heavy atom. The summed E-state index contributed by atoms with van der Waals surface area (Å²) in [7, 11) is 0. The van der Waals surface area contributed by atoms with Crippen molar-refractivity contribution in [2.24, 2.45) is 11.3 Å². The molecule has 1 fully saturated rings.